The van der Waals surface area contributed by atoms with Crippen LogP contribution in [0.2, 0.25) is 0 Å². The second kappa shape index (κ2) is 7.68. The molecule has 0 atom stereocenters. The molecule has 1 saturated heterocycles. The van der Waals surface area contributed by atoms with Gasteiger partial charge in [0.25, 0.3) is 5.91 Å². The number of carbonyl (C=O) groups excluding carboxylic acids is 1. The lowest BCUT2D eigenvalue weighted by Crippen LogP contribution is -2.46. The van der Waals surface area contributed by atoms with Crippen LogP contribution >= 0.6 is 11.8 Å². The van der Waals surface area contributed by atoms with Crippen LogP contribution in [-0.4, -0.2) is 60.7 Å². The van der Waals surface area contributed by atoms with Crippen LogP contribution < -0.4 is 4.74 Å². The van der Waals surface area contributed by atoms with E-state index in [2.05, 4.69) is 28.4 Å². The fraction of sp³-hybridized carbons (Fsp3) is 0.333. The smallest absolute Gasteiger partial charge is 0.286 e. The predicted molar refractivity (Wildman–Crippen MR) is 99.2 cm³/mol. The highest BCUT2D eigenvalue weighted by atomic mass is 32.2. The van der Waals surface area contributed by atoms with Crippen LogP contribution in [0, 0.1) is 0 Å². The van der Waals surface area contributed by atoms with Gasteiger partial charge in [0.2, 0.25) is 0 Å². The SMILES string of the molecule is C=CCOc1ccccc1/C=C1/SC(N2CCN(C)CC2)=NC1=O. The van der Waals surface area contributed by atoms with E-state index in [1.807, 2.05) is 30.3 Å². The summed E-state index contributed by atoms with van der Waals surface area (Å²) in [7, 11) is 2.11. The largest absolute Gasteiger partial charge is 0.489 e. The van der Waals surface area contributed by atoms with Gasteiger partial charge < -0.3 is 14.5 Å². The molecular formula is C18H21N3O2S. The number of rotatable bonds is 4. The fourth-order valence-electron chi connectivity index (χ4n) is 2.55. The van der Waals surface area contributed by atoms with E-state index < -0.39 is 0 Å². The summed E-state index contributed by atoms with van der Waals surface area (Å²) in [6.07, 6.45) is 3.56. The third-order valence-electron chi connectivity index (χ3n) is 3.95. The lowest BCUT2D eigenvalue weighted by Gasteiger charge is -2.32. The van der Waals surface area contributed by atoms with E-state index in [9.17, 15) is 4.79 Å². The molecule has 5 nitrogen and oxygen atoms in total. The molecule has 1 aromatic rings. The first-order valence-corrected chi connectivity index (χ1v) is 8.78. The first-order valence-electron chi connectivity index (χ1n) is 7.96. The first kappa shape index (κ1) is 16.8. The number of amides is 1. The number of carbonyl (C=O) groups is 1. The Morgan fingerprint density at radius 2 is 2.04 bits per heavy atom. The molecule has 1 amide bonds. The van der Waals surface area contributed by atoms with E-state index in [1.165, 1.54) is 11.8 Å². The van der Waals surface area contributed by atoms with Crippen LogP contribution in [0.3, 0.4) is 0 Å². The van der Waals surface area contributed by atoms with Crippen molar-refractivity contribution in [1.29, 1.82) is 0 Å². The maximum atomic E-state index is 12.3. The number of hydrogen-bond donors (Lipinski definition) is 0. The molecule has 126 valence electrons. The predicted octanol–water partition coefficient (Wildman–Crippen LogP) is 2.47. The number of para-hydroxylation sites is 1. The minimum atomic E-state index is -0.174. The minimum absolute atomic E-state index is 0.174. The van der Waals surface area contributed by atoms with Gasteiger partial charge in [-0.2, -0.15) is 4.99 Å². The van der Waals surface area contributed by atoms with E-state index in [4.69, 9.17) is 4.74 Å². The highest BCUT2D eigenvalue weighted by molar-refractivity contribution is 8.18. The van der Waals surface area contributed by atoms with Crippen molar-refractivity contribution in [3.05, 3.63) is 47.4 Å². The van der Waals surface area contributed by atoms with Gasteiger partial charge in [-0.05, 0) is 31.0 Å². The van der Waals surface area contributed by atoms with Crippen molar-refractivity contribution in [3.8, 4) is 5.75 Å². The number of benzene rings is 1. The Bertz CT molecular complexity index is 691. The van der Waals surface area contributed by atoms with Gasteiger partial charge in [0.15, 0.2) is 5.17 Å². The number of ether oxygens (including phenoxy) is 1. The Labute approximate surface area is 146 Å². The summed E-state index contributed by atoms with van der Waals surface area (Å²) in [4.78, 5) is 21.6. The summed E-state index contributed by atoms with van der Waals surface area (Å²) < 4.78 is 5.65. The molecule has 2 heterocycles. The topological polar surface area (TPSA) is 45.1 Å². The lowest BCUT2D eigenvalue weighted by molar-refractivity contribution is -0.113. The van der Waals surface area contributed by atoms with Gasteiger partial charge in [-0.15, -0.1) is 0 Å². The zero-order chi connectivity index (χ0) is 16.9. The summed E-state index contributed by atoms with van der Waals surface area (Å²) in [6.45, 7) is 7.89. The van der Waals surface area contributed by atoms with Crippen LogP contribution in [0.15, 0.2) is 46.8 Å². The quantitative estimate of drug-likeness (QED) is 0.621. The molecule has 0 aromatic heterocycles. The molecule has 0 radical (unpaired) electrons. The molecule has 1 aromatic carbocycles. The van der Waals surface area contributed by atoms with Gasteiger partial charge in [-0.1, -0.05) is 30.9 Å². The number of amidine groups is 1. The molecule has 6 heteroatoms. The van der Waals surface area contributed by atoms with Crippen LogP contribution in [0.1, 0.15) is 5.56 Å². The van der Waals surface area contributed by atoms with Crippen LogP contribution in [0.25, 0.3) is 6.08 Å². The van der Waals surface area contributed by atoms with E-state index in [-0.39, 0.29) is 5.91 Å². The Morgan fingerprint density at radius 3 is 2.79 bits per heavy atom. The molecule has 3 rings (SSSR count). The Balaban J connectivity index is 1.74. The standard InChI is InChI=1S/C18H21N3O2S/c1-3-12-23-15-7-5-4-6-14(15)13-16-17(22)19-18(24-16)21-10-8-20(2)9-11-21/h3-7,13H,1,8-12H2,2H3/b16-13+. The van der Waals surface area contributed by atoms with Gasteiger partial charge in [0, 0.05) is 31.7 Å². The van der Waals surface area contributed by atoms with Crippen molar-refractivity contribution in [2.45, 2.75) is 0 Å². The molecule has 0 N–H and O–H groups in total. The second-order valence-corrected chi connectivity index (χ2v) is 6.75. The highest BCUT2D eigenvalue weighted by Gasteiger charge is 2.27. The maximum absolute atomic E-state index is 12.3. The van der Waals surface area contributed by atoms with Crippen molar-refractivity contribution in [3.63, 3.8) is 0 Å². The molecule has 0 aliphatic carbocycles. The molecule has 0 unspecified atom stereocenters. The number of thioether (sulfide) groups is 1. The zero-order valence-electron chi connectivity index (χ0n) is 13.8. The Morgan fingerprint density at radius 1 is 1.29 bits per heavy atom. The summed E-state index contributed by atoms with van der Waals surface area (Å²) >= 11 is 1.45. The Kier molecular flexibility index (Phi) is 5.37. The number of likely N-dealkylation sites (N-methyl/N-ethyl adjacent to an activating group) is 1. The van der Waals surface area contributed by atoms with E-state index >= 15 is 0 Å². The van der Waals surface area contributed by atoms with Crippen molar-refractivity contribution < 1.29 is 9.53 Å². The molecular weight excluding hydrogens is 322 g/mol. The normalized spacial score (nSPS) is 20.4. The molecule has 24 heavy (non-hydrogen) atoms. The monoisotopic (exact) mass is 343 g/mol. The molecule has 1 fully saturated rings. The first-order chi connectivity index (χ1) is 11.7. The summed E-state index contributed by atoms with van der Waals surface area (Å²) in [5.41, 5.74) is 0.880. The van der Waals surface area contributed by atoms with E-state index in [1.54, 1.807) is 6.08 Å². The van der Waals surface area contributed by atoms with Gasteiger partial charge in [0.1, 0.15) is 12.4 Å². The van der Waals surface area contributed by atoms with Crippen molar-refractivity contribution in [1.82, 2.24) is 9.80 Å². The van der Waals surface area contributed by atoms with Gasteiger partial charge in [0.05, 0.1) is 4.91 Å². The lowest BCUT2D eigenvalue weighted by atomic mass is 10.2. The Hall–Kier alpha value is -2.05. The molecule has 2 aliphatic heterocycles. The highest BCUT2D eigenvalue weighted by Crippen LogP contribution is 2.32. The molecule has 0 spiro atoms. The number of piperazine rings is 1. The minimum Gasteiger partial charge on any atom is -0.489 e. The van der Waals surface area contributed by atoms with Gasteiger partial charge in [-0.3, -0.25) is 4.79 Å². The second-order valence-electron chi connectivity index (χ2n) is 5.74. The third kappa shape index (κ3) is 3.88. The maximum Gasteiger partial charge on any atom is 0.286 e. The van der Waals surface area contributed by atoms with Gasteiger partial charge >= 0.3 is 0 Å². The third-order valence-corrected chi connectivity index (χ3v) is 4.99. The van der Waals surface area contributed by atoms with Crippen molar-refractivity contribution in [2.24, 2.45) is 4.99 Å². The zero-order valence-corrected chi connectivity index (χ0v) is 14.6. The summed E-state index contributed by atoms with van der Waals surface area (Å²) in [6, 6.07) is 7.67. The van der Waals surface area contributed by atoms with Crippen LogP contribution in [-0.2, 0) is 4.79 Å². The fourth-order valence-corrected chi connectivity index (χ4v) is 3.51. The van der Waals surface area contributed by atoms with E-state index in [0.717, 1.165) is 42.7 Å². The number of aliphatic imine (C=N–C) groups is 1. The number of hydrogen-bond acceptors (Lipinski definition) is 5. The van der Waals surface area contributed by atoms with Gasteiger partial charge in [-0.25, -0.2) is 0 Å². The summed E-state index contributed by atoms with van der Waals surface area (Å²) in [5.74, 6) is 0.568. The van der Waals surface area contributed by atoms with Crippen molar-refractivity contribution in [2.75, 3.05) is 39.8 Å². The summed E-state index contributed by atoms with van der Waals surface area (Å²) in [5, 5.41) is 0.809. The molecule has 0 bridgehead atoms. The average molecular weight is 343 g/mol. The van der Waals surface area contributed by atoms with Crippen LogP contribution in [0.4, 0.5) is 0 Å². The molecule has 0 saturated carbocycles. The molecule has 2 aliphatic rings. The van der Waals surface area contributed by atoms with Crippen molar-refractivity contribution >= 4 is 28.9 Å². The number of nitrogens with zero attached hydrogens (tertiary/aromatic N) is 3. The van der Waals surface area contributed by atoms with E-state index in [0.29, 0.717) is 11.5 Å². The van der Waals surface area contributed by atoms with Crippen LogP contribution in [0.5, 0.6) is 5.75 Å². The average Bonchev–Trinajstić information content (AvgIpc) is 2.95.